The number of carbonyl (C=O) groups excluding carboxylic acids is 1. The average molecular weight is 617 g/mol. The summed E-state index contributed by atoms with van der Waals surface area (Å²) in [6.07, 6.45) is 3.55. The predicted octanol–water partition coefficient (Wildman–Crippen LogP) is 6.10. The van der Waals surface area contributed by atoms with Crippen molar-refractivity contribution in [1.29, 1.82) is 0 Å². The van der Waals surface area contributed by atoms with Gasteiger partial charge in [-0.25, -0.2) is 9.79 Å². The second-order valence-corrected chi connectivity index (χ2v) is 11.5. The number of hydrogen-bond donors (Lipinski definition) is 0. The third-order valence-corrected chi connectivity index (χ3v) is 8.51. The Morgan fingerprint density at radius 3 is 2.49 bits per heavy atom. The van der Waals surface area contributed by atoms with E-state index in [0.717, 1.165) is 27.5 Å². The second-order valence-electron chi connectivity index (χ2n) is 10.4. The number of nitrogens with zero attached hydrogens (tertiary/aromatic N) is 2. The molecular weight excluding hydrogens is 584 g/mol. The molecule has 6 rings (SSSR count). The number of allylic oxidation sites excluding steroid dienone is 1. The molecule has 0 spiro atoms. The maximum absolute atomic E-state index is 14.3. The molecule has 0 unspecified atom stereocenters. The summed E-state index contributed by atoms with van der Waals surface area (Å²) in [6.45, 7) is 8.18. The minimum Gasteiger partial charge on any atom is -0.490 e. The van der Waals surface area contributed by atoms with E-state index in [2.05, 4.69) is 6.58 Å². The van der Waals surface area contributed by atoms with Gasteiger partial charge in [0.15, 0.2) is 4.80 Å². The van der Waals surface area contributed by atoms with Crippen molar-refractivity contribution in [2.24, 2.45) is 4.99 Å². The number of thiazole rings is 1. The van der Waals surface area contributed by atoms with Crippen LogP contribution in [0.3, 0.4) is 0 Å². The SMILES string of the molecule is C=CCOc1ccc([C@@H]2C(C(=O)OCC)=C(C)N=c3s/c(=C\c4c(OCc5ccccc5)ccc5ccccc45)c(=O)n32)cc1. The Labute approximate surface area is 264 Å². The molecule has 0 radical (unpaired) electrons. The smallest absolute Gasteiger partial charge is 0.338 e. The average Bonchev–Trinajstić information content (AvgIpc) is 3.37. The van der Waals surface area contributed by atoms with E-state index in [9.17, 15) is 9.59 Å². The molecule has 0 fully saturated rings. The largest absolute Gasteiger partial charge is 0.490 e. The van der Waals surface area contributed by atoms with Gasteiger partial charge in [-0.05, 0) is 60.0 Å². The number of fused-ring (bicyclic) bond motifs is 2. The Kier molecular flexibility index (Phi) is 8.75. The molecule has 1 aliphatic heterocycles. The van der Waals surface area contributed by atoms with Gasteiger partial charge >= 0.3 is 5.97 Å². The highest BCUT2D eigenvalue weighted by Gasteiger charge is 2.33. The van der Waals surface area contributed by atoms with Crippen LogP contribution in [0.5, 0.6) is 11.5 Å². The van der Waals surface area contributed by atoms with Crippen LogP contribution in [0.25, 0.3) is 16.8 Å². The highest BCUT2D eigenvalue weighted by Crippen LogP contribution is 2.32. The van der Waals surface area contributed by atoms with Crippen LogP contribution >= 0.6 is 11.3 Å². The normalized spacial score (nSPS) is 14.5. The zero-order valence-electron chi connectivity index (χ0n) is 25.1. The lowest BCUT2D eigenvalue weighted by Crippen LogP contribution is -2.39. The van der Waals surface area contributed by atoms with Crippen LogP contribution in [-0.4, -0.2) is 23.8 Å². The van der Waals surface area contributed by atoms with E-state index in [1.54, 1.807) is 24.5 Å². The molecular formula is C37H32N2O5S. The monoisotopic (exact) mass is 616 g/mol. The Morgan fingerprint density at radius 2 is 1.73 bits per heavy atom. The van der Waals surface area contributed by atoms with Gasteiger partial charge in [-0.2, -0.15) is 0 Å². The summed E-state index contributed by atoms with van der Waals surface area (Å²) >= 11 is 1.28. The van der Waals surface area contributed by atoms with E-state index in [4.69, 9.17) is 19.2 Å². The first kappa shape index (κ1) is 29.8. The van der Waals surface area contributed by atoms with Gasteiger partial charge in [0.1, 0.15) is 24.7 Å². The molecule has 45 heavy (non-hydrogen) atoms. The van der Waals surface area contributed by atoms with Crippen molar-refractivity contribution in [3.05, 3.63) is 151 Å². The molecule has 1 aromatic heterocycles. The maximum Gasteiger partial charge on any atom is 0.338 e. The van der Waals surface area contributed by atoms with Crippen LogP contribution in [0, 0.1) is 0 Å². The Bertz CT molecular complexity index is 2090. The fourth-order valence-corrected chi connectivity index (χ4v) is 6.45. The van der Waals surface area contributed by atoms with Crippen molar-refractivity contribution < 1.29 is 19.0 Å². The summed E-state index contributed by atoms with van der Waals surface area (Å²) in [4.78, 5) is 32.8. The third-order valence-electron chi connectivity index (χ3n) is 7.52. The highest BCUT2D eigenvalue weighted by atomic mass is 32.1. The summed E-state index contributed by atoms with van der Waals surface area (Å²) in [5.74, 6) is 0.817. The minimum absolute atomic E-state index is 0.202. The van der Waals surface area contributed by atoms with Crippen LogP contribution < -0.4 is 24.4 Å². The number of esters is 1. The summed E-state index contributed by atoms with van der Waals surface area (Å²) in [6, 6.07) is 28.6. The fourth-order valence-electron chi connectivity index (χ4n) is 5.43. The standard InChI is InChI=1S/C37H32N2O5S/c1-4-21-43-28-18-15-27(16-19-28)34-33(36(41)42-5-2)24(3)38-37-39(34)35(40)32(45-37)22-30-29-14-10-9-13-26(29)17-20-31(30)44-23-25-11-7-6-8-12-25/h4,6-20,22,34H,1,5,21,23H2,2-3H3/b32-22-/t34-/m1/s1. The molecule has 0 amide bonds. The molecule has 1 aliphatic rings. The van der Waals surface area contributed by atoms with Gasteiger partial charge in [0.2, 0.25) is 0 Å². The maximum atomic E-state index is 14.3. The predicted molar refractivity (Wildman–Crippen MR) is 177 cm³/mol. The van der Waals surface area contributed by atoms with E-state index < -0.39 is 12.0 Å². The quantitative estimate of drug-likeness (QED) is 0.140. The first-order valence-corrected chi connectivity index (χ1v) is 15.5. The third kappa shape index (κ3) is 6.10. The lowest BCUT2D eigenvalue weighted by atomic mass is 9.96. The molecule has 226 valence electrons. The second kappa shape index (κ2) is 13.2. The number of carbonyl (C=O) groups is 1. The first-order valence-electron chi connectivity index (χ1n) is 14.7. The van der Waals surface area contributed by atoms with Crippen LogP contribution in [-0.2, 0) is 16.1 Å². The van der Waals surface area contributed by atoms with Gasteiger partial charge in [0.05, 0.1) is 28.5 Å². The molecule has 0 saturated heterocycles. The van der Waals surface area contributed by atoms with Crippen LogP contribution in [0.4, 0.5) is 0 Å². The Morgan fingerprint density at radius 1 is 0.978 bits per heavy atom. The molecule has 0 bridgehead atoms. The minimum atomic E-state index is -0.725. The molecule has 0 saturated carbocycles. The van der Waals surface area contributed by atoms with E-state index >= 15 is 0 Å². The number of aromatic nitrogens is 1. The number of hydrogen-bond acceptors (Lipinski definition) is 7. The molecule has 1 atom stereocenters. The zero-order valence-corrected chi connectivity index (χ0v) is 25.9. The Hall–Kier alpha value is -5.21. The molecule has 5 aromatic rings. The van der Waals surface area contributed by atoms with Crippen molar-refractivity contribution in [1.82, 2.24) is 4.57 Å². The van der Waals surface area contributed by atoms with Gasteiger partial charge in [-0.1, -0.05) is 96.8 Å². The van der Waals surface area contributed by atoms with E-state index in [1.165, 1.54) is 11.3 Å². The van der Waals surface area contributed by atoms with Crippen molar-refractivity contribution in [2.45, 2.75) is 26.5 Å². The molecule has 0 N–H and O–H groups in total. The van der Waals surface area contributed by atoms with E-state index in [-0.39, 0.29) is 12.2 Å². The van der Waals surface area contributed by atoms with Crippen molar-refractivity contribution in [3.8, 4) is 11.5 Å². The summed E-state index contributed by atoms with van der Waals surface area (Å²) in [5.41, 5.74) is 3.16. The van der Waals surface area contributed by atoms with Crippen LogP contribution in [0.1, 0.15) is 36.6 Å². The van der Waals surface area contributed by atoms with Crippen molar-refractivity contribution in [3.63, 3.8) is 0 Å². The zero-order chi connectivity index (χ0) is 31.3. The molecule has 4 aromatic carbocycles. The van der Waals surface area contributed by atoms with Crippen molar-refractivity contribution >= 4 is 34.2 Å². The van der Waals surface area contributed by atoms with Crippen LogP contribution in [0.15, 0.2) is 125 Å². The lowest BCUT2D eigenvalue weighted by Gasteiger charge is -2.24. The van der Waals surface area contributed by atoms with Crippen LogP contribution in [0.2, 0.25) is 0 Å². The number of rotatable bonds is 10. The van der Waals surface area contributed by atoms with Gasteiger partial charge in [-0.3, -0.25) is 9.36 Å². The lowest BCUT2D eigenvalue weighted by molar-refractivity contribution is -0.139. The summed E-state index contributed by atoms with van der Waals surface area (Å²) in [7, 11) is 0. The van der Waals surface area contributed by atoms with E-state index in [1.807, 2.05) is 97.1 Å². The van der Waals surface area contributed by atoms with Gasteiger partial charge in [0.25, 0.3) is 5.56 Å². The van der Waals surface area contributed by atoms with Gasteiger partial charge in [-0.15, -0.1) is 0 Å². The topological polar surface area (TPSA) is 79.1 Å². The van der Waals surface area contributed by atoms with Crippen molar-refractivity contribution in [2.75, 3.05) is 13.2 Å². The fraction of sp³-hybridized carbons (Fsp3) is 0.162. The summed E-state index contributed by atoms with van der Waals surface area (Å²) < 4.78 is 19.5. The molecule has 7 nitrogen and oxygen atoms in total. The van der Waals surface area contributed by atoms with E-state index in [0.29, 0.717) is 45.3 Å². The number of ether oxygens (including phenoxy) is 3. The first-order chi connectivity index (χ1) is 22.0. The number of benzene rings is 4. The molecule has 8 heteroatoms. The van der Waals surface area contributed by atoms with Gasteiger partial charge < -0.3 is 14.2 Å². The molecule has 0 aliphatic carbocycles. The van der Waals surface area contributed by atoms with Gasteiger partial charge in [0, 0.05) is 5.56 Å². The summed E-state index contributed by atoms with van der Waals surface area (Å²) in [5, 5.41) is 1.99. The Balaban J connectivity index is 1.50. The molecule has 2 heterocycles. The highest BCUT2D eigenvalue weighted by molar-refractivity contribution is 7.07.